The summed E-state index contributed by atoms with van der Waals surface area (Å²) in [5, 5.41) is 10.2. The molecule has 0 radical (unpaired) electrons. The van der Waals surface area contributed by atoms with Crippen LogP contribution >= 0.6 is 0 Å². The third-order valence-electron chi connectivity index (χ3n) is 2.03. The van der Waals surface area contributed by atoms with Crippen molar-refractivity contribution in [3.63, 3.8) is 0 Å². The highest BCUT2D eigenvalue weighted by Crippen LogP contribution is 2.15. The van der Waals surface area contributed by atoms with E-state index < -0.39 is 30.4 Å². The van der Waals surface area contributed by atoms with Crippen LogP contribution in [-0.4, -0.2) is 47.8 Å². The maximum atomic E-state index is 11.2. The summed E-state index contributed by atoms with van der Waals surface area (Å²) >= 11 is 0. The highest BCUT2D eigenvalue weighted by molar-refractivity contribution is 6.04. The number of likely N-dealkylation sites (N-methyl/N-ethyl adjacent to an activating group) is 2. The van der Waals surface area contributed by atoms with Crippen LogP contribution in [0.3, 0.4) is 0 Å². The predicted molar refractivity (Wildman–Crippen MR) is 39.3 cm³/mol. The molecule has 6 nitrogen and oxygen atoms in total. The number of hydrogen-bond acceptors (Lipinski definition) is 4. The minimum atomic E-state index is -1.34. The normalized spacial score (nSPS) is 22.8. The number of amides is 3. The Hall–Kier alpha value is -1.59. The van der Waals surface area contributed by atoms with Gasteiger partial charge in [-0.15, -0.1) is 0 Å². The lowest BCUT2D eigenvalue weighted by Crippen LogP contribution is -2.37. The zero-order valence-corrected chi connectivity index (χ0v) is 7.31. The Morgan fingerprint density at radius 3 is 2.31 bits per heavy atom. The SMILES string of the molecule is CN1C(=O)[C@@H](CC(=O)[O-])N(C)C1=O. The summed E-state index contributed by atoms with van der Waals surface area (Å²) in [6.45, 7) is 0. The molecule has 1 rings (SSSR count). The number of urea groups is 1. The Morgan fingerprint density at radius 2 is 2.00 bits per heavy atom. The zero-order valence-electron chi connectivity index (χ0n) is 7.31. The van der Waals surface area contributed by atoms with Gasteiger partial charge in [-0.25, -0.2) is 4.79 Å². The molecule has 0 saturated carbocycles. The van der Waals surface area contributed by atoms with Crippen LogP contribution in [0.2, 0.25) is 0 Å². The van der Waals surface area contributed by atoms with Crippen molar-refractivity contribution in [2.24, 2.45) is 0 Å². The second-order valence-electron chi connectivity index (χ2n) is 2.88. The summed E-state index contributed by atoms with van der Waals surface area (Å²) in [7, 11) is 2.70. The molecule has 3 amide bonds. The Morgan fingerprint density at radius 1 is 1.46 bits per heavy atom. The molecule has 1 saturated heterocycles. The lowest BCUT2D eigenvalue weighted by molar-refractivity contribution is -0.306. The van der Waals surface area contributed by atoms with Crippen molar-refractivity contribution in [3.05, 3.63) is 0 Å². The summed E-state index contributed by atoms with van der Waals surface area (Å²) < 4.78 is 0. The third kappa shape index (κ3) is 1.47. The molecule has 1 atom stereocenters. The van der Waals surface area contributed by atoms with E-state index in [9.17, 15) is 19.5 Å². The first-order valence-electron chi connectivity index (χ1n) is 3.69. The molecule has 72 valence electrons. The van der Waals surface area contributed by atoms with Gasteiger partial charge in [-0.3, -0.25) is 9.69 Å². The highest BCUT2D eigenvalue weighted by Gasteiger charge is 2.40. The topological polar surface area (TPSA) is 80.8 Å². The van der Waals surface area contributed by atoms with Gasteiger partial charge in [0.25, 0.3) is 5.91 Å². The molecular formula is C7H9N2O4-. The van der Waals surface area contributed by atoms with Gasteiger partial charge in [-0.05, 0) is 0 Å². The summed E-state index contributed by atoms with van der Waals surface area (Å²) in [6.07, 6.45) is -0.453. The van der Waals surface area contributed by atoms with Gasteiger partial charge in [0, 0.05) is 26.5 Å². The first-order valence-corrected chi connectivity index (χ1v) is 3.69. The number of carbonyl (C=O) groups excluding carboxylic acids is 3. The molecule has 6 heteroatoms. The highest BCUT2D eigenvalue weighted by atomic mass is 16.4. The Kier molecular flexibility index (Phi) is 2.22. The van der Waals surface area contributed by atoms with E-state index >= 15 is 0 Å². The van der Waals surface area contributed by atoms with Crippen molar-refractivity contribution in [2.75, 3.05) is 14.1 Å². The molecule has 1 aliphatic rings. The fraction of sp³-hybridized carbons (Fsp3) is 0.571. The van der Waals surface area contributed by atoms with E-state index in [0.717, 1.165) is 9.80 Å². The van der Waals surface area contributed by atoms with Crippen LogP contribution in [0.5, 0.6) is 0 Å². The molecule has 13 heavy (non-hydrogen) atoms. The lowest BCUT2D eigenvalue weighted by Gasteiger charge is -2.15. The molecule has 0 aromatic rings. The summed E-state index contributed by atoms with van der Waals surface area (Å²) in [5.41, 5.74) is 0. The molecule has 1 heterocycles. The van der Waals surface area contributed by atoms with Gasteiger partial charge < -0.3 is 14.8 Å². The average Bonchev–Trinajstić information content (AvgIpc) is 2.22. The minimum absolute atomic E-state index is 0.453. The van der Waals surface area contributed by atoms with Crippen LogP contribution in [-0.2, 0) is 9.59 Å². The van der Waals surface area contributed by atoms with Gasteiger partial charge in [-0.2, -0.15) is 0 Å². The van der Waals surface area contributed by atoms with Crippen LogP contribution < -0.4 is 5.11 Å². The van der Waals surface area contributed by atoms with Gasteiger partial charge in [0.15, 0.2) is 0 Å². The summed E-state index contributed by atoms with van der Waals surface area (Å²) in [6, 6.07) is -1.40. The Labute approximate surface area is 74.7 Å². The van der Waals surface area contributed by atoms with E-state index in [2.05, 4.69) is 0 Å². The molecule has 0 aromatic carbocycles. The quantitative estimate of drug-likeness (QED) is 0.467. The molecule has 0 aliphatic carbocycles. The summed E-state index contributed by atoms with van der Waals surface area (Å²) in [5.74, 6) is -1.84. The number of carboxylic acid groups (broad SMARTS) is 1. The van der Waals surface area contributed by atoms with E-state index in [1.807, 2.05) is 0 Å². The van der Waals surface area contributed by atoms with E-state index in [-0.39, 0.29) is 0 Å². The average molecular weight is 185 g/mol. The number of nitrogens with zero attached hydrogens (tertiary/aromatic N) is 2. The van der Waals surface area contributed by atoms with Crippen molar-refractivity contribution in [3.8, 4) is 0 Å². The maximum absolute atomic E-state index is 11.2. The summed E-state index contributed by atoms with van der Waals surface area (Å²) in [4.78, 5) is 34.6. The van der Waals surface area contributed by atoms with Crippen LogP contribution in [0.15, 0.2) is 0 Å². The molecule has 0 unspecified atom stereocenters. The van der Waals surface area contributed by atoms with Gasteiger partial charge >= 0.3 is 6.03 Å². The van der Waals surface area contributed by atoms with E-state index in [0.29, 0.717) is 0 Å². The largest absolute Gasteiger partial charge is 0.550 e. The number of rotatable bonds is 2. The number of carbonyl (C=O) groups is 3. The first kappa shape index (κ1) is 9.50. The van der Waals surface area contributed by atoms with Crippen molar-refractivity contribution in [1.82, 2.24) is 9.80 Å². The monoisotopic (exact) mass is 185 g/mol. The maximum Gasteiger partial charge on any atom is 0.326 e. The molecule has 0 aromatic heterocycles. The molecule has 0 spiro atoms. The second-order valence-corrected chi connectivity index (χ2v) is 2.88. The molecule has 1 fully saturated rings. The Bertz CT molecular complexity index is 276. The van der Waals surface area contributed by atoms with Crippen molar-refractivity contribution < 1.29 is 19.5 Å². The van der Waals surface area contributed by atoms with Gasteiger partial charge in [0.2, 0.25) is 0 Å². The molecule has 0 bridgehead atoms. The van der Waals surface area contributed by atoms with Crippen LogP contribution in [0, 0.1) is 0 Å². The molecule has 0 N–H and O–H groups in total. The van der Waals surface area contributed by atoms with Crippen LogP contribution in [0.25, 0.3) is 0 Å². The number of aliphatic carboxylic acids is 1. The number of hydrogen-bond donors (Lipinski definition) is 0. The van der Waals surface area contributed by atoms with Gasteiger partial charge in [-0.1, -0.05) is 0 Å². The van der Waals surface area contributed by atoms with E-state index in [1.54, 1.807) is 0 Å². The minimum Gasteiger partial charge on any atom is -0.550 e. The van der Waals surface area contributed by atoms with E-state index in [4.69, 9.17) is 0 Å². The standard InChI is InChI=1S/C7H10N2O4/c1-8-4(3-5(10)11)6(12)9(2)7(8)13/h4H,3H2,1-2H3,(H,10,11)/p-1/t4-/m1/s1. The number of carboxylic acids is 1. The zero-order chi connectivity index (χ0) is 10.2. The molecular weight excluding hydrogens is 176 g/mol. The second kappa shape index (κ2) is 3.04. The number of imide groups is 1. The van der Waals surface area contributed by atoms with Crippen LogP contribution in [0.4, 0.5) is 4.79 Å². The van der Waals surface area contributed by atoms with Gasteiger partial charge in [0.05, 0.1) is 0 Å². The Balaban J connectivity index is 2.81. The first-order chi connectivity index (χ1) is 5.95. The fourth-order valence-corrected chi connectivity index (χ4v) is 1.24. The van der Waals surface area contributed by atoms with Crippen LogP contribution in [0.1, 0.15) is 6.42 Å². The van der Waals surface area contributed by atoms with Crippen molar-refractivity contribution in [2.45, 2.75) is 12.5 Å². The van der Waals surface area contributed by atoms with E-state index in [1.165, 1.54) is 14.1 Å². The third-order valence-corrected chi connectivity index (χ3v) is 2.03. The molecule has 1 aliphatic heterocycles. The smallest absolute Gasteiger partial charge is 0.326 e. The van der Waals surface area contributed by atoms with Crippen molar-refractivity contribution >= 4 is 17.9 Å². The van der Waals surface area contributed by atoms with Gasteiger partial charge in [0.1, 0.15) is 6.04 Å². The lowest BCUT2D eigenvalue weighted by atomic mass is 10.2. The fourth-order valence-electron chi connectivity index (χ4n) is 1.24. The van der Waals surface area contributed by atoms with Crippen molar-refractivity contribution in [1.29, 1.82) is 0 Å². The predicted octanol–water partition coefficient (Wildman–Crippen LogP) is -1.98.